The van der Waals surface area contributed by atoms with Gasteiger partial charge in [0.2, 0.25) is 0 Å². The van der Waals surface area contributed by atoms with E-state index in [1.165, 1.54) is 5.56 Å². The first-order valence-corrected chi connectivity index (χ1v) is 7.92. The minimum absolute atomic E-state index is 0.300. The molecule has 21 heavy (non-hydrogen) atoms. The third-order valence-electron chi connectivity index (χ3n) is 3.23. The van der Waals surface area contributed by atoms with Gasteiger partial charge in [-0.05, 0) is 12.1 Å². The van der Waals surface area contributed by atoms with Crippen LogP contribution in [0.1, 0.15) is 18.5 Å². The van der Waals surface area contributed by atoms with E-state index in [1.54, 1.807) is 24.4 Å². The summed E-state index contributed by atoms with van der Waals surface area (Å²) in [6.45, 7) is 3.06. The summed E-state index contributed by atoms with van der Waals surface area (Å²) < 4.78 is 0. The lowest BCUT2D eigenvalue weighted by molar-refractivity contribution is 0.606. The number of thioether (sulfide) groups is 1. The Bertz CT molecular complexity index is 697. The number of rotatable bonds is 6. The second-order valence-electron chi connectivity index (χ2n) is 4.61. The lowest BCUT2D eigenvalue weighted by atomic mass is 10.1. The maximum atomic E-state index is 4.36. The molecule has 0 saturated carbocycles. The van der Waals surface area contributed by atoms with Crippen LogP contribution in [0.25, 0.3) is 11.2 Å². The Morgan fingerprint density at radius 1 is 1.19 bits per heavy atom. The third-order valence-corrected chi connectivity index (χ3v) is 4.31. The van der Waals surface area contributed by atoms with Crippen molar-refractivity contribution in [3.63, 3.8) is 0 Å². The van der Waals surface area contributed by atoms with Crippen LogP contribution in [0.15, 0.2) is 48.0 Å². The Labute approximate surface area is 127 Å². The molecular weight excluding hydrogens is 282 g/mol. The van der Waals surface area contributed by atoms with Gasteiger partial charge in [0.25, 0.3) is 0 Å². The quantitative estimate of drug-likeness (QED) is 0.541. The molecule has 0 aliphatic rings. The molecule has 0 bridgehead atoms. The van der Waals surface area contributed by atoms with Crippen molar-refractivity contribution in [1.29, 1.82) is 0 Å². The van der Waals surface area contributed by atoms with Crippen LogP contribution < -0.4 is 5.32 Å². The Balaban J connectivity index is 1.76. The number of imidazole rings is 1. The molecule has 2 N–H and O–H groups in total. The summed E-state index contributed by atoms with van der Waals surface area (Å²) in [4.78, 5) is 15.8. The van der Waals surface area contributed by atoms with Gasteiger partial charge in [0.05, 0.1) is 6.33 Å². The summed E-state index contributed by atoms with van der Waals surface area (Å²) in [5, 5.41) is 4.46. The number of benzene rings is 1. The van der Waals surface area contributed by atoms with E-state index in [-0.39, 0.29) is 0 Å². The molecule has 2 heterocycles. The van der Waals surface area contributed by atoms with E-state index in [2.05, 4.69) is 56.4 Å². The van der Waals surface area contributed by atoms with E-state index >= 15 is 0 Å². The van der Waals surface area contributed by atoms with E-state index in [9.17, 15) is 0 Å². The van der Waals surface area contributed by atoms with E-state index in [0.717, 1.165) is 22.8 Å². The van der Waals surface area contributed by atoms with Crippen molar-refractivity contribution in [3.8, 4) is 0 Å². The number of nitrogens with one attached hydrogen (secondary N) is 2. The largest absolute Gasteiger partial charge is 0.341 e. The Kier molecular flexibility index (Phi) is 4.47. The number of hydrogen-bond donors (Lipinski definition) is 2. The van der Waals surface area contributed by atoms with Gasteiger partial charge in [-0.1, -0.05) is 37.3 Å². The Hall–Kier alpha value is -1.92. The number of aromatic nitrogens is 4. The van der Waals surface area contributed by atoms with Gasteiger partial charge in [0, 0.05) is 11.8 Å². The van der Waals surface area contributed by atoms with Gasteiger partial charge < -0.3 is 10.3 Å². The normalized spacial score (nSPS) is 12.6. The van der Waals surface area contributed by atoms with Crippen LogP contribution >= 0.6 is 11.8 Å². The zero-order valence-electron chi connectivity index (χ0n) is 11.8. The average molecular weight is 299 g/mol. The topological polar surface area (TPSA) is 66.5 Å². The first-order chi connectivity index (χ1) is 10.4. The Morgan fingerprint density at radius 2 is 2.05 bits per heavy atom. The molecule has 0 radical (unpaired) electrons. The molecule has 0 amide bonds. The number of hydrogen-bond acceptors (Lipinski definition) is 5. The lowest BCUT2D eigenvalue weighted by Gasteiger charge is -2.17. The highest BCUT2D eigenvalue weighted by molar-refractivity contribution is 7.99. The molecular formula is C15H17N5S. The summed E-state index contributed by atoms with van der Waals surface area (Å²) in [6.07, 6.45) is 3.22. The van der Waals surface area contributed by atoms with E-state index in [1.807, 2.05) is 6.07 Å². The van der Waals surface area contributed by atoms with Gasteiger partial charge in [-0.2, -0.15) is 0 Å². The van der Waals surface area contributed by atoms with Gasteiger partial charge in [0.15, 0.2) is 5.65 Å². The summed E-state index contributed by atoms with van der Waals surface area (Å²) in [5.41, 5.74) is 2.92. The van der Waals surface area contributed by atoms with E-state index in [4.69, 9.17) is 0 Å². The summed E-state index contributed by atoms with van der Waals surface area (Å²) in [7, 11) is 0. The fraction of sp³-hybridized carbons (Fsp3) is 0.267. The summed E-state index contributed by atoms with van der Waals surface area (Å²) >= 11 is 1.71. The summed E-state index contributed by atoms with van der Waals surface area (Å²) in [5.74, 6) is 0.906. The second-order valence-corrected chi connectivity index (χ2v) is 5.62. The van der Waals surface area contributed by atoms with Crippen molar-refractivity contribution in [3.05, 3.63) is 48.5 Å². The maximum Gasteiger partial charge on any atom is 0.181 e. The van der Waals surface area contributed by atoms with Crippen molar-refractivity contribution < 1.29 is 0 Å². The Morgan fingerprint density at radius 3 is 2.86 bits per heavy atom. The minimum atomic E-state index is 0.300. The molecule has 0 aliphatic heterocycles. The van der Waals surface area contributed by atoms with Gasteiger partial charge >= 0.3 is 0 Å². The SMILES string of the molecule is CCNC(CSc1ncnc2nc[nH]c12)c1ccccc1. The van der Waals surface area contributed by atoms with Crippen molar-refractivity contribution in [1.82, 2.24) is 25.3 Å². The maximum absolute atomic E-state index is 4.36. The summed E-state index contributed by atoms with van der Waals surface area (Å²) in [6, 6.07) is 10.8. The molecule has 2 aromatic heterocycles. The highest BCUT2D eigenvalue weighted by atomic mass is 32.2. The molecule has 3 aromatic rings. The van der Waals surface area contributed by atoms with Crippen LogP contribution in [-0.4, -0.2) is 32.2 Å². The van der Waals surface area contributed by atoms with Crippen molar-refractivity contribution in [2.45, 2.75) is 18.0 Å². The lowest BCUT2D eigenvalue weighted by Crippen LogP contribution is -2.22. The zero-order valence-corrected chi connectivity index (χ0v) is 12.6. The highest BCUT2D eigenvalue weighted by Gasteiger charge is 2.13. The fourth-order valence-electron chi connectivity index (χ4n) is 2.22. The van der Waals surface area contributed by atoms with Crippen LogP contribution in [0.4, 0.5) is 0 Å². The molecule has 0 fully saturated rings. The molecule has 1 atom stereocenters. The molecule has 1 aromatic carbocycles. The predicted molar refractivity (Wildman–Crippen MR) is 85.3 cm³/mol. The molecule has 5 nitrogen and oxygen atoms in total. The number of nitrogens with zero attached hydrogens (tertiary/aromatic N) is 3. The van der Waals surface area contributed by atoms with Gasteiger partial charge in [-0.15, -0.1) is 11.8 Å². The van der Waals surface area contributed by atoms with E-state index < -0.39 is 0 Å². The van der Waals surface area contributed by atoms with Crippen molar-refractivity contribution in [2.75, 3.05) is 12.3 Å². The second kappa shape index (κ2) is 6.69. The molecule has 0 saturated heterocycles. The molecule has 6 heteroatoms. The average Bonchev–Trinajstić information content (AvgIpc) is 3.01. The fourth-order valence-corrected chi connectivity index (χ4v) is 3.27. The highest BCUT2D eigenvalue weighted by Crippen LogP contribution is 2.26. The zero-order chi connectivity index (χ0) is 14.5. The first kappa shape index (κ1) is 14.0. The molecule has 1 unspecified atom stereocenters. The van der Waals surface area contributed by atoms with Crippen LogP contribution in [0.2, 0.25) is 0 Å². The molecule has 0 spiro atoms. The third kappa shape index (κ3) is 3.22. The number of H-pyrrole nitrogens is 1. The van der Waals surface area contributed by atoms with Crippen molar-refractivity contribution >= 4 is 22.9 Å². The smallest absolute Gasteiger partial charge is 0.181 e. The standard InChI is InChI=1S/C15H17N5S/c1-2-16-12(11-6-4-3-5-7-11)8-21-15-13-14(18-9-17-13)19-10-20-15/h3-7,9-10,12,16H,2,8H2,1H3,(H,17,18,19,20). The number of fused-ring (bicyclic) bond motifs is 1. The van der Waals surface area contributed by atoms with Crippen molar-refractivity contribution in [2.24, 2.45) is 0 Å². The van der Waals surface area contributed by atoms with Crippen LogP contribution in [0.5, 0.6) is 0 Å². The van der Waals surface area contributed by atoms with E-state index in [0.29, 0.717) is 11.7 Å². The first-order valence-electron chi connectivity index (χ1n) is 6.93. The minimum Gasteiger partial charge on any atom is -0.341 e. The molecule has 3 rings (SSSR count). The number of aromatic amines is 1. The molecule has 108 valence electrons. The van der Waals surface area contributed by atoms with Gasteiger partial charge in [-0.25, -0.2) is 15.0 Å². The molecule has 0 aliphatic carbocycles. The monoisotopic (exact) mass is 299 g/mol. The van der Waals surface area contributed by atoms with Crippen LogP contribution in [-0.2, 0) is 0 Å². The van der Waals surface area contributed by atoms with Crippen LogP contribution in [0.3, 0.4) is 0 Å². The van der Waals surface area contributed by atoms with Crippen LogP contribution in [0, 0.1) is 0 Å². The van der Waals surface area contributed by atoms with Gasteiger partial charge in [0.1, 0.15) is 16.9 Å². The van der Waals surface area contributed by atoms with Gasteiger partial charge in [-0.3, -0.25) is 0 Å². The predicted octanol–water partition coefficient (Wildman–Crippen LogP) is 2.80.